The lowest BCUT2D eigenvalue weighted by molar-refractivity contribution is 0.450. The fraction of sp³-hybridized carbons (Fsp3) is 1.00. The molecule has 0 aromatic heterocycles. The van der Waals surface area contributed by atoms with Gasteiger partial charge < -0.3 is 4.43 Å². The lowest BCUT2D eigenvalue weighted by Gasteiger charge is -2.35. The second kappa shape index (κ2) is 3.19. The molecule has 0 atom stereocenters. The smallest absolute Gasteiger partial charge is 0.150 e. The molecule has 62 valence electrons. The Morgan fingerprint density at radius 3 is 1.70 bits per heavy atom. The van der Waals surface area contributed by atoms with E-state index in [4.69, 9.17) is 4.43 Å². The summed E-state index contributed by atoms with van der Waals surface area (Å²) in [6, 6.07) is 0. The SMILES string of the molecule is CO[SiH2][Si](C)(C)C(C)(C)C. The van der Waals surface area contributed by atoms with E-state index in [2.05, 4.69) is 33.9 Å². The fourth-order valence-corrected chi connectivity index (χ4v) is 5.20. The molecule has 10 heavy (non-hydrogen) atoms. The van der Waals surface area contributed by atoms with Crippen molar-refractivity contribution in [2.24, 2.45) is 0 Å². The molecular formula is C7H20OSi2. The summed E-state index contributed by atoms with van der Waals surface area (Å²) in [7, 11) is 0.650. The summed E-state index contributed by atoms with van der Waals surface area (Å²) >= 11 is 0. The molecule has 3 heteroatoms. The van der Waals surface area contributed by atoms with Gasteiger partial charge in [-0.05, 0) is 5.04 Å². The normalized spacial score (nSPS) is 15.0. The largest absolute Gasteiger partial charge is 0.430 e. The molecule has 0 amide bonds. The third-order valence-corrected chi connectivity index (χ3v) is 13.8. The van der Waals surface area contributed by atoms with Crippen molar-refractivity contribution in [3.63, 3.8) is 0 Å². The summed E-state index contributed by atoms with van der Waals surface area (Å²) in [6.45, 7) is 11.9. The van der Waals surface area contributed by atoms with E-state index in [0.29, 0.717) is 5.04 Å². The van der Waals surface area contributed by atoms with Crippen LogP contribution in [0.5, 0.6) is 0 Å². The van der Waals surface area contributed by atoms with Crippen molar-refractivity contribution < 1.29 is 4.43 Å². The molecule has 0 saturated carbocycles. The fourth-order valence-electron chi connectivity index (χ4n) is 0.577. The van der Waals surface area contributed by atoms with E-state index >= 15 is 0 Å². The minimum absolute atomic E-state index is 0.216. The van der Waals surface area contributed by atoms with Crippen molar-refractivity contribution in [1.82, 2.24) is 0 Å². The van der Waals surface area contributed by atoms with Crippen LogP contribution in [0.3, 0.4) is 0 Å². The second-order valence-corrected chi connectivity index (χ2v) is 16.9. The average Bonchev–Trinajstić information content (AvgIpc) is 1.61. The van der Waals surface area contributed by atoms with Gasteiger partial charge in [0, 0.05) is 7.11 Å². The van der Waals surface area contributed by atoms with Gasteiger partial charge in [-0.25, -0.2) is 0 Å². The molecule has 0 aromatic carbocycles. The van der Waals surface area contributed by atoms with Crippen molar-refractivity contribution in [2.75, 3.05) is 7.11 Å². The number of hydrogen-bond acceptors (Lipinski definition) is 1. The summed E-state index contributed by atoms with van der Waals surface area (Å²) < 4.78 is 5.33. The van der Waals surface area contributed by atoms with Crippen LogP contribution in [0.15, 0.2) is 0 Å². The van der Waals surface area contributed by atoms with Gasteiger partial charge in [0.15, 0.2) is 9.28 Å². The minimum atomic E-state index is -0.988. The summed E-state index contributed by atoms with van der Waals surface area (Å²) in [5.41, 5.74) is 0. The first-order valence-corrected chi connectivity index (χ1v) is 9.71. The zero-order valence-electron chi connectivity index (χ0n) is 8.12. The maximum absolute atomic E-state index is 5.33. The van der Waals surface area contributed by atoms with Crippen LogP contribution in [0, 0.1) is 0 Å². The molecule has 0 aromatic rings. The quantitative estimate of drug-likeness (QED) is 0.582. The Morgan fingerprint density at radius 1 is 1.20 bits per heavy atom. The maximum atomic E-state index is 5.33. The first kappa shape index (κ1) is 10.4. The molecule has 1 nitrogen and oxygen atoms in total. The van der Waals surface area contributed by atoms with Crippen LogP contribution in [0.25, 0.3) is 0 Å². The zero-order valence-corrected chi connectivity index (χ0v) is 10.5. The van der Waals surface area contributed by atoms with E-state index in [0.717, 1.165) is 0 Å². The van der Waals surface area contributed by atoms with Gasteiger partial charge in [-0.3, -0.25) is 0 Å². The van der Waals surface area contributed by atoms with Gasteiger partial charge in [-0.2, -0.15) is 0 Å². The third kappa shape index (κ3) is 2.56. The summed E-state index contributed by atoms with van der Waals surface area (Å²) in [5.74, 6) is 0. The van der Waals surface area contributed by atoms with E-state index in [-0.39, 0.29) is 9.28 Å². The van der Waals surface area contributed by atoms with Crippen molar-refractivity contribution in [3.05, 3.63) is 0 Å². The Balaban J connectivity index is 4.10. The predicted octanol–water partition coefficient (Wildman–Crippen LogP) is 1.72. The van der Waals surface area contributed by atoms with E-state index in [1.807, 2.05) is 7.11 Å². The molecule has 0 radical (unpaired) electrons. The molecular weight excluding hydrogens is 156 g/mol. The third-order valence-electron chi connectivity index (χ3n) is 2.54. The lowest BCUT2D eigenvalue weighted by Crippen LogP contribution is -2.44. The van der Waals surface area contributed by atoms with Gasteiger partial charge in [-0.1, -0.05) is 33.9 Å². The molecule has 0 spiro atoms. The van der Waals surface area contributed by atoms with Crippen LogP contribution in [0.2, 0.25) is 18.1 Å². The Hall–Kier alpha value is 0.394. The summed E-state index contributed by atoms with van der Waals surface area (Å²) in [4.78, 5) is 0. The van der Waals surface area contributed by atoms with Crippen LogP contribution in [-0.4, -0.2) is 24.0 Å². The predicted molar refractivity (Wildman–Crippen MR) is 52.8 cm³/mol. The van der Waals surface area contributed by atoms with Crippen molar-refractivity contribution in [3.8, 4) is 0 Å². The molecule has 0 fully saturated rings. The van der Waals surface area contributed by atoms with Crippen LogP contribution < -0.4 is 0 Å². The Bertz CT molecular complexity index is 105. The molecule has 0 aliphatic carbocycles. The van der Waals surface area contributed by atoms with Gasteiger partial charge in [0.1, 0.15) is 0 Å². The molecule has 0 saturated heterocycles. The lowest BCUT2D eigenvalue weighted by atomic mass is 10.2. The molecule has 0 N–H and O–H groups in total. The molecule has 0 aliphatic rings. The van der Waals surface area contributed by atoms with Gasteiger partial charge in [0.25, 0.3) is 0 Å². The Morgan fingerprint density at radius 2 is 1.60 bits per heavy atom. The van der Waals surface area contributed by atoms with Crippen LogP contribution in [0.4, 0.5) is 0 Å². The number of rotatable bonds is 2. The van der Waals surface area contributed by atoms with E-state index in [1.165, 1.54) is 0 Å². The molecule has 0 rings (SSSR count). The molecule has 0 heterocycles. The summed E-state index contributed by atoms with van der Waals surface area (Å²) in [6.07, 6.45) is 0. The van der Waals surface area contributed by atoms with Crippen molar-refractivity contribution >= 4 is 16.9 Å². The highest BCUT2D eigenvalue weighted by Crippen LogP contribution is 2.34. The highest BCUT2D eigenvalue weighted by Gasteiger charge is 2.35. The average molecular weight is 176 g/mol. The van der Waals surface area contributed by atoms with Crippen LogP contribution in [0.1, 0.15) is 20.8 Å². The molecule has 0 aliphatic heterocycles. The van der Waals surface area contributed by atoms with E-state index in [1.54, 1.807) is 0 Å². The zero-order chi connectivity index (χ0) is 8.41. The van der Waals surface area contributed by atoms with Gasteiger partial charge in [0.05, 0.1) is 7.59 Å². The van der Waals surface area contributed by atoms with Crippen molar-refractivity contribution in [2.45, 2.75) is 38.9 Å². The topological polar surface area (TPSA) is 9.23 Å². The Kier molecular flexibility index (Phi) is 3.32. The van der Waals surface area contributed by atoms with Crippen molar-refractivity contribution in [1.29, 1.82) is 0 Å². The van der Waals surface area contributed by atoms with Gasteiger partial charge in [-0.15, -0.1) is 0 Å². The van der Waals surface area contributed by atoms with E-state index in [9.17, 15) is 0 Å². The van der Waals surface area contributed by atoms with Crippen LogP contribution in [-0.2, 0) is 4.43 Å². The molecule has 0 unspecified atom stereocenters. The number of hydrogen-bond donors (Lipinski definition) is 0. The first-order chi connectivity index (χ1) is 4.31. The first-order valence-electron chi connectivity index (χ1n) is 3.80. The monoisotopic (exact) mass is 176 g/mol. The van der Waals surface area contributed by atoms with Crippen LogP contribution >= 0.6 is 0 Å². The minimum Gasteiger partial charge on any atom is -0.430 e. The standard InChI is InChI=1S/C7H20OSi2/c1-7(2,3)10(5,6)9-8-4/h9H2,1-6H3. The highest BCUT2D eigenvalue weighted by molar-refractivity contribution is 7.22. The maximum Gasteiger partial charge on any atom is 0.150 e. The van der Waals surface area contributed by atoms with Gasteiger partial charge >= 0.3 is 0 Å². The highest BCUT2D eigenvalue weighted by atomic mass is 29.2. The van der Waals surface area contributed by atoms with E-state index < -0.39 is 7.59 Å². The Labute approximate surface area is 67.9 Å². The second-order valence-electron chi connectivity index (χ2n) is 4.57. The molecule has 0 bridgehead atoms. The summed E-state index contributed by atoms with van der Waals surface area (Å²) in [5, 5.41) is 0.523. The van der Waals surface area contributed by atoms with Gasteiger partial charge in [0.2, 0.25) is 0 Å².